The lowest BCUT2D eigenvalue weighted by Crippen LogP contribution is -2.06. The van der Waals surface area contributed by atoms with Crippen molar-refractivity contribution in [3.8, 4) is 0 Å². The first-order valence-corrected chi connectivity index (χ1v) is 4.98. The summed E-state index contributed by atoms with van der Waals surface area (Å²) in [5, 5.41) is 8.71. The lowest BCUT2D eigenvalue weighted by atomic mass is 10.4. The molecule has 0 fully saturated rings. The third kappa shape index (κ3) is 1.72. The van der Waals surface area contributed by atoms with E-state index in [0.717, 1.165) is 10.9 Å². The number of nitrogen functional groups attached to an aromatic ring is 1. The standard InChI is InChI=1S/C7H14N4S/c1-4-12-7-10-9-6(8)11(7)5(2)3/h5H,4H2,1-3H3,(H2,8,9). The van der Waals surface area contributed by atoms with Crippen molar-refractivity contribution in [2.45, 2.75) is 32.0 Å². The molecular formula is C7H14N4S. The summed E-state index contributed by atoms with van der Waals surface area (Å²) in [6.45, 7) is 6.22. The Labute approximate surface area is 76.5 Å². The number of rotatable bonds is 3. The molecule has 0 saturated carbocycles. The van der Waals surface area contributed by atoms with Gasteiger partial charge in [-0.15, -0.1) is 10.2 Å². The van der Waals surface area contributed by atoms with Crippen LogP contribution < -0.4 is 5.73 Å². The first-order chi connectivity index (χ1) is 5.66. The van der Waals surface area contributed by atoms with Crippen molar-refractivity contribution >= 4 is 17.7 Å². The molecule has 1 aromatic heterocycles. The van der Waals surface area contributed by atoms with Crippen molar-refractivity contribution < 1.29 is 0 Å². The van der Waals surface area contributed by atoms with E-state index in [4.69, 9.17) is 5.73 Å². The summed E-state index contributed by atoms with van der Waals surface area (Å²) in [5.41, 5.74) is 5.65. The predicted molar refractivity (Wildman–Crippen MR) is 51.2 cm³/mol. The monoisotopic (exact) mass is 186 g/mol. The summed E-state index contributed by atoms with van der Waals surface area (Å²) in [6, 6.07) is 0.328. The molecule has 4 nitrogen and oxygen atoms in total. The van der Waals surface area contributed by atoms with Gasteiger partial charge in [-0.2, -0.15) is 0 Å². The second-order valence-electron chi connectivity index (χ2n) is 2.74. The number of anilines is 1. The third-order valence-electron chi connectivity index (χ3n) is 1.48. The number of thioether (sulfide) groups is 1. The van der Waals surface area contributed by atoms with Gasteiger partial charge in [-0.1, -0.05) is 18.7 Å². The van der Waals surface area contributed by atoms with Crippen LogP contribution in [0, 0.1) is 0 Å². The predicted octanol–water partition coefficient (Wildman–Crippen LogP) is 1.55. The van der Waals surface area contributed by atoms with E-state index in [-0.39, 0.29) is 0 Å². The van der Waals surface area contributed by atoms with Gasteiger partial charge in [0.15, 0.2) is 5.16 Å². The first kappa shape index (κ1) is 9.38. The van der Waals surface area contributed by atoms with Crippen LogP contribution in [-0.4, -0.2) is 20.5 Å². The Morgan fingerprint density at radius 3 is 2.67 bits per heavy atom. The lowest BCUT2D eigenvalue weighted by Gasteiger charge is -2.10. The average Bonchev–Trinajstić information content (AvgIpc) is 2.32. The molecule has 68 valence electrons. The van der Waals surface area contributed by atoms with Crippen molar-refractivity contribution in [1.29, 1.82) is 0 Å². The van der Waals surface area contributed by atoms with E-state index >= 15 is 0 Å². The maximum absolute atomic E-state index is 5.65. The Morgan fingerprint density at radius 1 is 1.50 bits per heavy atom. The van der Waals surface area contributed by atoms with Crippen LogP contribution >= 0.6 is 11.8 Å². The highest BCUT2D eigenvalue weighted by molar-refractivity contribution is 7.99. The molecule has 1 heterocycles. The zero-order valence-electron chi connectivity index (χ0n) is 7.61. The highest BCUT2D eigenvalue weighted by Gasteiger charge is 2.11. The maximum atomic E-state index is 5.65. The Balaban J connectivity index is 2.95. The molecule has 0 aromatic carbocycles. The van der Waals surface area contributed by atoms with Gasteiger partial charge in [0.1, 0.15) is 0 Å². The van der Waals surface area contributed by atoms with E-state index in [2.05, 4.69) is 31.0 Å². The molecule has 0 aliphatic rings. The molecule has 0 unspecified atom stereocenters. The summed E-state index contributed by atoms with van der Waals surface area (Å²) in [7, 11) is 0. The molecule has 0 bridgehead atoms. The molecular weight excluding hydrogens is 172 g/mol. The normalized spacial score (nSPS) is 11.0. The smallest absolute Gasteiger partial charge is 0.222 e. The Bertz CT molecular complexity index is 256. The SMILES string of the molecule is CCSc1nnc(N)n1C(C)C. The molecule has 1 rings (SSSR count). The van der Waals surface area contributed by atoms with Gasteiger partial charge in [0, 0.05) is 6.04 Å². The van der Waals surface area contributed by atoms with Crippen molar-refractivity contribution in [3.63, 3.8) is 0 Å². The molecule has 5 heteroatoms. The fourth-order valence-electron chi connectivity index (χ4n) is 1.00. The molecule has 0 radical (unpaired) electrons. The number of nitrogens with two attached hydrogens (primary N) is 1. The second kappa shape index (κ2) is 3.80. The zero-order chi connectivity index (χ0) is 9.14. The maximum Gasteiger partial charge on any atom is 0.222 e. The summed E-state index contributed by atoms with van der Waals surface area (Å²) >= 11 is 1.66. The molecule has 0 aliphatic heterocycles. The van der Waals surface area contributed by atoms with Gasteiger partial charge >= 0.3 is 0 Å². The molecule has 0 aliphatic carbocycles. The Morgan fingerprint density at radius 2 is 2.17 bits per heavy atom. The van der Waals surface area contributed by atoms with Crippen LogP contribution in [0.5, 0.6) is 0 Å². The van der Waals surface area contributed by atoms with Crippen LogP contribution in [0.1, 0.15) is 26.8 Å². The van der Waals surface area contributed by atoms with Crippen molar-refractivity contribution in [1.82, 2.24) is 14.8 Å². The summed E-state index contributed by atoms with van der Waals surface area (Å²) < 4.78 is 1.94. The Kier molecular flexibility index (Phi) is 2.97. The van der Waals surface area contributed by atoms with Crippen molar-refractivity contribution in [2.75, 3.05) is 11.5 Å². The molecule has 0 spiro atoms. The van der Waals surface area contributed by atoms with Gasteiger partial charge in [0.05, 0.1) is 0 Å². The average molecular weight is 186 g/mol. The van der Waals surface area contributed by atoms with Crippen LogP contribution in [0.3, 0.4) is 0 Å². The highest BCUT2D eigenvalue weighted by Crippen LogP contribution is 2.21. The van der Waals surface area contributed by atoms with Crippen molar-refractivity contribution in [3.05, 3.63) is 0 Å². The van der Waals surface area contributed by atoms with Crippen LogP contribution in [0.4, 0.5) is 5.95 Å². The van der Waals surface area contributed by atoms with Crippen LogP contribution in [0.25, 0.3) is 0 Å². The van der Waals surface area contributed by atoms with E-state index in [9.17, 15) is 0 Å². The fourth-order valence-corrected chi connectivity index (χ4v) is 1.80. The van der Waals surface area contributed by atoms with Gasteiger partial charge < -0.3 is 5.73 Å². The Hall–Kier alpha value is -0.710. The van der Waals surface area contributed by atoms with Gasteiger partial charge in [0.25, 0.3) is 0 Å². The largest absolute Gasteiger partial charge is 0.368 e. The first-order valence-electron chi connectivity index (χ1n) is 4.00. The number of hydrogen-bond donors (Lipinski definition) is 1. The number of aromatic nitrogens is 3. The van der Waals surface area contributed by atoms with E-state index < -0.39 is 0 Å². The van der Waals surface area contributed by atoms with Gasteiger partial charge in [0.2, 0.25) is 5.95 Å². The minimum Gasteiger partial charge on any atom is -0.368 e. The topological polar surface area (TPSA) is 56.7 Å². The fraction of sp³-hybridized carbons (Fsp3) is 0.714. The van der Waals surface area contributed by atoms with Crippen LogP contribution in [0.15, 0.2) is 5.16 Å². The van der Waals surface area contributed by atoms with Crippen LogP contribution in [-0.2, 0) is 0 Å². The van der Waals surface area contributed by atoms with Gasteiger partial charge in [-0.05, 0) is 19.6 Å². The number of nitrogens with zero attached hydrogens (tertiary/aromatic N) is 3. The summed E-state index contributed by atoms with van der Waals surface area (Å²) in [4.78, 5) is 0. The minimum atomic E-state index is 0.328. The van der Waals surface area contributed by atoms with E-state index in [1.165, 1.54) is 0 Å². The minimum absolute atomic E-state index is 0.328. The van der Waals surface area contributed by atoms with Gasteiger partial charge in [-0.3, -0.25) is 4.57 Å². The molecule has 2 N–H and O–H groups in total. The van der Waals surface area contributed by atoms with Crippen LogP contribution in [0.2, 0.25) is 0 Å². The van der Waals surface area contributed by atoms with Gasteiger partial charge in [-0.25, -0.2) is 0 Å². The summed E-state index contributed by atoms with van der Waals surface area (Å²) in [5.74, 6) is 1.49. The number of hydrogen-bond acceptors (Lipinski definition) is 4. The molecule has 1 aromatic rings. The quantitative estimate of drug-likeness (QED) is 0.728. The van der Waals surface area contributed by atoms with E-state index in [0.29, 0.717) is 12.0 Å². The summed E-state index contributed by atoms with van der Waals surface area (Å²) in [6.07, 6.45) is 0. The third-order valence-corrected chi connectivity index (χ3v) is 2.31. The molecule has 0 atom stereocenters. The van der Waals surface area contributed by atoms with E-state index in [1.54, 1.807) is 11.8 Å². The zero-order valence-corrected chi connectivity index (χ0v) is 8.43. The molecule has 0 saturated heterocycles. The molecule has 0 amide bonds. The van der Waals surface area contributed by atoms with E-state index in [1.807, 2.05) is 4.57 Å². The lowest BCUT2D eigenvalue weighted by molar-refractivity contribution is 0.557. The molecule has 12 heavy (non-hydrogen) atoms. The second-order valence-corrected chi connectivity index (χ2v) is 3.97. The van der Waals surface area contributed by atoms with Crippen molar-refractivity contribution in [2.24, 2.45) is 0 Å². The highest BCUT2D eigenvalue weighted by atomic mass is 32.2.